The summed E-state index contributed by atoms with van der Waals surface area (Å²) in [6.45, 7) is 7.18. The molecule has 144 valence electrons. The molecule has 0 aromatic heterocycles. The SMILES string of the molecule is COc1ccc(C2CCCN2C(=O)COc2cc(C)ccc2C(C)C)cc1. The van der Waals surface area contributed by atoms with Gasteiger partial charge in [0.05, 0.1) is 13.2 Å². The van der Waals surface area contributed by atoms with Gasteiger partial charge in [0.2, 0.25) is 0 Å². The van der Waals surface area contributed by atoms with Crippen LogP contribution in [-0.4, -0.2) is 31.1 Å². The predicted molar refractivity (Wildman–Crippen MR) is 107 cm³/mol. The number of carbonyl (C=O) groups is 1. The fourth-order valence-electron chi connectivity index (χ4n) is 3.70. The molecule has 0 N–H and O–H groups in total. The highest BCUT2D eigenvalue weighted by Crippen LogP contribution is 2.33. The third-order valence-electron chi connectivity index (χ3n) is 5.22. The average Bonchev–Trinajstić information content (AvgIpc) is 3.16. The summed E-state index contributed by atoms with van der Waals surface area (Å²) in [6, 6.07) is 14.3. The fourth-order valence-corrected chi connectivity index (χ4v) is 3.70. The van der Waals surface area contributed by atoms with E-state index in [1.165, 1.54) is 0 Å². The van der Waals surface area contributed by atoms with Crippen molar-refractivity contribution in [2.24, 2.45) is 0 Å². The zero-order chi connectivity index (χ0) is 19.4. The number of hydrogen-bond donors (Lipinski definition) is 0. The second kappa shape index (κ2) is 8.47. The quantitative estimate of drug-likeness (QED) is 0.731. The topological polar surface area (TPSA) is 38.8 Å². The standard InChI is InChI=1S/C23H29NO3/c1-16(2)20-12-7-17(3)14-22(20)27-15-23(25)24-13-5-6-21(24)18-8-10-19(26-4)11-9-18/h7-12,14,16,21H,5-6,13,15H2,1-4H3. The van der Waals surface area contributed by atoms with Gasteiger partial charge in [-0.05, 0) is 60.6 Å². The highest BCUT2D eigenvalue weighted by Gasteiger charge is 2.30. The molecule has 4 nitrogen and oxygen atoms in total. The number of rotatable bonds is 6. The Labute approximate surface area is 162 Å². The number of carbonyl (C=O) groups excluding carboxylic acids is 1. The lowest BCUT2D eigenvalue weighted by atomic mass is 10.0. The van der Waals surface area contributed by atoms with Crippen LogP contribution in [0.25, 0.3) is 0 Å². The van der Waals surface area contributed by atoms with E-state index in [1.807, 2.05) is 42.2 Å². The van der Waals surface area contributed by atoms with Crippen molar-refractivity contribution in [3.05, 3.63) is 59.2 Å². The molecule has 0 radical (unpaired) electrons. The van der Waals surface area contributed by atoms with Gasteiger partial charge in [-0.2, -0.15) is 0 Å². The molecule has 1 atom stereocenters. The van der Waals surface area contributed by atoms with E-state index in [0.29, 0.717) is 5.92 Å². The van der Waals surface area contributed by atoms with E-state index in [0.717, 1.165) is 47.6 Å². The minimum absolute atomic E-state index is 0.0459. The van der Waals surface area contributed by atoms with Gasteiger partial charge in [0.25, 0.3) is 5.91 Å². The molecule has 0 saturated carbocycles. The third kappa shape index (κ3) is 4.44. The Morgan fingerprint density at radius 3 is 2.59 bits per heavy atom. The van der Waals surface area contributed by atoms with Crippen molar-refractivity contribution in [2.45, 2.75) is 45.6 Å². The molecule has 0 spiro atoms. The summed E-state index contributed by atoms with van der Waals surface area (Å²) >= 11 is 0. The zero-order valence-electron chi connectivity index (χ0n) is 16.7. The van der Waals surface area contributed by atoms with Gasteiger partial charge in [-0.3, -0.25) is 4.79 Å². The molecular formula is C23H29NO3. The Morgan fingerprint density at radius 2 is 1.93 bits per heavy atom. The second-order valence-corrected chi connectivity index (χ2v) is 7.50. The summed E-state index contributed by atoms with van der Waals surface area (Å²) in [6.07, 6.45) is 2.00. The number of benzene rings is 2. The van der Waals surface area contributed by atoms with Crippen molar-refractivity contribution >= 4 is 5.91 Å². The van der Waals surface area contributed by atoms with Crippen molar-refractivity contribution in [1.29, 1.82) is 0 Å². The normalized spacial score (nSPS) is 16.6. The molecule has 1 aliphatic rings. The minimum Gasteiger partial charge on any atom is -0.497 e. The van der Waals surface area contributed by atoms with E-state index in [9.17, 15) is 4.79 Å². The maximum absolute atomic E-state index is 12.9. The van der Waals surface area contributed by atoms with Crippen LogP contribution in [0.2, 0.25) is 0 Å². The van der Waals surface area contributed by atoms with Gasteiger partial charge in [-0.1, -0.05) is 38.1 Å². The van der Waals surface area contributed by atoms with Crippen molar-refractivity contribution < 1.29 is 14.3 Å². The molecule has 1 unspecified atom stereocenters. The summed E-state index contributed by atoms with van der Waals surface area (Å²) in [5, 5.41) is 0. The molecule has 1 aliphatic heterocycles. The van der Waals surface area contributed by atoms with Crippen molar-refractivity contribution in [3.8, 4) is 11.5 Å². The highest BCUT2D eigenvalue weighted by molar-refractivity contribution is 5.78. The molecule has 1 fully saturated rings. The van der Waals surface area contributed by atoms with Crippen LogP contribution in [0, 0.1) is 6.92 Å². The number of ether oxygens (including phenoxy) is 2. The lowest BCUT2D eigenvalue weighted by Gasteiger charge is -2.25. The molecule has 0 aliphatic carbocycles. The van der Waals surface area contributed by atoms with Crippen LogP contribution in [0.15, 0.2) is 42.5 Å². The number of nitrogens with zero attached hydrogens (tertiary/aromatic N) is 1. The maximum atomic E-state index is 12.9. The van der Waals surface area contributed by atoms with E-state index < -0.39 is 0 Å². The van der Waals surface area contributed by atoms with Crippen molar-refractivity contribution in [3.63, 3.8) is 0 Å². The number of aryl methyl sites for hydroxylation is 1. The van der Waals surface area contributed by atoms with Crippen LogP contribution < -0.4 is 9.47 Å². The van der Waals surface area contributed by atoms with Gasteiger partial charge in [0, 0.05) is 6.54 Å². The first-order valence-electron chi connectivity index (χ1n) is 9.66. The number of methoxy groups -OCH3 is 1. The first-order chi connectivity index (χ1) is 13.0. The Morgan fingerprint density at radius 1 is 1.19 bits per heavy atom. The minimum atomic E-state index is 0.0459. The van der Waals surface area contributed by atoms with Crippen LogP contribution in [0.5, 0.6) is 11.5 Å². The lowest BCUT2D eigenvalue weighted by Crippen LogP contribution is -2.34. The summed E-state index contributed by atoms with van der Waals surface area (Å²) in [5.41, 5.74) is 3.43. The van der Waals surface area contributed by atoms with Gasteiger partial charge in [0.1, 0.15) is 11.5 Å². The zero-order valence-corrected chi connectivity index (χ0v) is 16.7. The number of amides is 1. The summed E-state index contributed by atoms with van der Waals surface area (Å²) in [4.78, 5) is 14.8. The molecule has 3 rings (SSSR count). The van der Waals surface area contributed by atoms with Crippen LogP contribution >= 0.6 is 0 Å². The molecule has 0 bridgehead atoms. The third-order valence-corrected chi connectivity index (χ3v) is 5.22. The number of hydrogen-bond acceptors (Lipinski definition) is 3. The molecule has 2 aromatic carbocycles. The van der Waals surface area contributed by atoms with Crippen LogP contribution in [0.3, 0.4) is 0 Å². The Bertz CT molecular complexity index is 783. The van der Waals surface area contributed by atoms with Gasteiger partial charge in [0.15, 0.2) is 6.61 Å². The highest BCUT2D eigenvalue weighted by atomic mass is 16.5. The van der Waals surface area contributed by atoms with Crippen LogP contribution in [-0.2, 0) is 4.79 Å². The van der Waals surface area contributed by atoms with Gasteiger partial charge >= 0.3 is 0 Å². The van der Waals surface area contributed by atoms with E-state index in [1.54, 1.807) is 7.11 Å². The van der Waals surface area contributed by atoms with Gasteiger partial charge in [-0.15, -0.1) is 0 Å². The molecule has 4 heteroatoms. The van der Waals surface area contributed by atoms with Crippen molar-refractivity contribution in [1.82, 2.24) is 4.90 Å². The van der Waals surface area contributed by atoms with E-state index >= 15 is 0 Å². The summed E-state index contributed by atoms with van der Waals surface area (Å²) in [7, 11) is 1.66. The Kier molecular flexibility index (Phi) is 6.04. The second-order valence-electron chi connectivity index (χ2n) is 7.50. The molecule has 1 amide bonds. The molecule has 27 heavy (non-hydrogen) atoms. The first kappa shape index (κ1) is 19.3. The van der Waals surface area contributed by atoms with Crippen LogP contribution in [0.4, 0.5) is 0 Å². The van der Waals surface area contributed by atoms with Crippen LogP contribution in [0.1, 0.15) is 55.3 Å². The van der Waals surface area contributed by atoms with Gasteiger partial charge < -0.3 is 14.4 Å². The fraction of sp³-hybridized carbons (Fsp3) is 0.435. The molecule has 1 saturated heterocycles. The predicted octanol–water partition coefficient (Wildman–Crippen LogP) is 4.87. The molecule has 1 heterocycles. The van der Waals surface area contributed by atoms with Gasteiger partial charge in [-0.25, -0.2) is 0 Å². The summed E-state index contributed by atoms with van der Waals surface area (Å²) in [5.74, 6) is 2.05. The lowest BCUT2D eigenvalue weighted by molar-refractivity contribution is -0.134. The van der Waals surface area contributed by atoms with E-state index in [2.05, 4.69) is 26.0 Å². The smallest absolute Gasteiger partial charge is 0.261 e. The molecular weight excluding hydrogens is 338 g/mol. The maximum Gasteiger partial charge on any atom is 0.261 e. The first-order valence-corrected chi connectivity index (χ1v) is 9.66. The summed E-state index contributed by atoms with van der Waals surface area (Å²) < 4.78 is 11.2. The Balaban J connectivity index is 1.69. The monoisotopic (exact) mass is 367 g/mol. The average molecular weight is 367 g/mol. The van der Waals surface area contributed by atoms with Crippen molar-refractivity contribution in [2.75, 3.05) is 20.3 Å². The largest absolute Gasteiger partial charge is 0.497 e. The van der Waals surface area contributed by atoms with E-state index in [4.69, 9.17) is 9.47 Å². The Hall–Kier alpha value is -2.49. The van der Waals surface area contributed by atoms with E-state index in [-0.39, 0.29) is 18.6 Å². The number of likely N-dealkylation sites (tertiary alicyclic amines) is 1. The molecule has 2 aromatic rings.